The van der Waals surface area contributed by atoms with Crippen molar-refractivity contribution in [2.75, 3.05) is 17.7 Å². The molecule has 1 aromatic carbocycles. The van der Waals surface area contributed by atoms with Crippen LogP contribution in [0.15, 0.2) is 34.6 Å². The van der Waals surface area contributed by atoms with Crippen molar-refractivity contribution < 1.29 is 9.53 Å². The zero-order chi connectivity index (χ0) is 17.6. The highest BCUT2D eigenvalue weighted by Crippen LogP contribution is 2.43. The van der Waals surface area contributed by atoms with Gasteiger partial charge in [-0.05, 0) is 31.6 Å². The number of benzene rings is 1. The van der Waals surface area contributed by atoms with E-state index in [1.54, 1.807) is 4.68 Å². The first kappa shape index (κ1) is 16.1. The van der Waals surface area contributed by atoms with E-state index in [1.807, 2.05) is 38.1 Å². The van der Waals surface area contributed by atoms with E-state index in [0.717, 1.165) is 16.9 Å². The lowest BCUT2D eigenvalue weighted by Gasteiger charge is -2.23. The molecule has 1 aromatic heterocycles. The summed E-state index contributed by atoms with van der Waals surface area (Å²) in [6, 6.07) is 7.86. The Morgan fingerprint density at radius 3 is 2.88 bits per heavy atom. The summed E-state index contributed by atoms with van der Waals surface area (Å²) in [5, 5.41) is 5.52. The predicted octanol–water partition coefficient (Wildman–Crippen LogP) is 2.96. The quantitative estimate of drug-likeness (QED) is 0.866. The van der Waals surface area contributed by atoms with Gasteiger partial charge in [0.25, 0.3) is 5.56 Å². The Balaban J connectivity index is 1.84. The minimum absolute atomic E-state index is 0.0396. The van der Waals surface area contributed by atoms with Gasteiger partial charge in [-0.1, -0.05) is 18.2 Å². The van der Waals surface area contributed by atoms with E-state index in [2.05, 4.69) is 16.5 Å². The van der Waals surface area contributed by atoms with Crippen LogP contribution in [-0.4, -0.2) is 28.0 Å². The first-order chi connectivity index (χ1) is 12.0. The molecule has 0 bridgehead atoms. The van der Waals surface area contributed by atoms with Crippen molar-refractivity contribution in [3.05, 3.63) is 51.3 Å². The normalized spacial score (nSPS) is 19.4. The Morgan fingerprint density at radius 2 is 2.08 bits per heavy atom. The lowest BCUT2D eigenvalue weighted by Crippen LogP contribution is -2.18. The number of fused-ring (bicyclic) bond motifs is 2. The molecule has 2 aliphatic heterocycles. The summed E-state index contributed by atoms with van der Waals surface area (Å²) in [6.07, 6.45) is 2.07. The van der Waals surface area contributed by atoms with E-state index in [-0.39, 0.29) is 22.8 Å². The number of nitrogens with zero attached hydrogens (tertiary/aromatic N) is 1. The van der Waals surface area contributed by atoms with Crippen LogP contribution in [0, 0.1) is 0 Å². The van der Waals surface area contributed by atoms with E-state index in [9.17, 15) is 9.59 Å². The summed E-state index contributed by atoms with van der Waals surface area (Å²) in [6.45, 7) is 4.35. The molecule has 3 heterocycles. The minimum atomic E-state index is -0.217. The Morgan fingerprint density at radius 1 is 1.28 bits per heavy atom. The molecule has 2 aliphatic rings. The number of carbonyl (C=O) groups excluding carboxylic acids is 1. The van der Waals surface area contributed by atoms with Crippen LogP contribution in [0.2, 0.25) is 0 Å². The van der Waals surface area contributed by atoms with Crippen LogP contribution in [-0.2, 0) is 4.79 Å². The van der Waals surface area contributed by atoms with Gasteiger partial charge in [-0.15, -0.1) is 11.8 Å². The van der Waals surface area contributed by atoms with Gasteiger partial charge < -0.3 is 10.1 Å². The lowest BCUT2D eigenvalue weighted by atomic mass is 10.0. The van der Waals surface area contributed by atoms with Gasteiger partial charge in [0.05, 0.1) is 16.6 Å². The maximum Gasteiger partial charge on any atom is 0.270 e. The maximum absolute atomic E-state index is 12.6. The van der Waals surface area contributed by atoms with E-state index in [0.29, 0.717) is 23.7 Å². The van der Waals surface area contributed by atoms with E-state index in [1.165, 1.54) is 11.8 Å². The van der Waals surface area contributed by atoms with Gasteiger partial charge in [-0.2, -0.15) is 0 Å². The molecule has 130 valence electrons. The summed E-state index contributed by atoms with van der Waals surface area (Å²) in [5.74, 6) is 1.61. The molecule has 25 heavy (non-hydrogen) atoms. The van der Waals surface area contributed by atoms with Crippen LogP contribution in [0.4, 0.5) is 5.82 Å². The molecule has 2 aromatic rings. The highest BCUT2D eigenvalue weighted by Gasteiger charge is 2.33. The summed E-state index contributed by atoms with van der Waals surface area (Å²) in [4.78, 5) is 24.8. The van der Waals surface area contributed by atoms with Gasteiger partial charge in [0.2, 0.25) is 5.91 Å². The minimum Gasteiger partial charge on any atom is -0.489 e. The van der Waals surface area contributed by atoms with Crippen molar-refractivity contribution in [1.82, 2.24) is 9.78 Å². The third-order valence-corrected chi connectivity index (χ3v) is 5.67. The van der Waals surface area contributed by atoms with Crippen molar-refractivity contribution in [2.45, 2.75) is 25.1 Å². The van der Waals surface area contributed by atoms with E-state index in [4.69, 9.17) is 4.74 Å². The number of amides is 1. The molecule has 0 aliphatic carbocycles. The number of carbonyl (C=O) groups is 1. The van der Waals surface area contributed by atoms with Crippen molar-refractivity contribution in [3.8, 4) is 5.75 Å². The molecule has 0 saturated carbocycles. The average Bonchev–Trinajstić information content (AvgIpc) is 2.81. The Kier molecular flexibility index (Phi) is 3.95. The molecule has 7 heteroatoms. The van der Waals surface area contributed by atoms with Gasteiger partial charge in [0.1, 0.15) is 18.2 Å². The molecular weight excluding hydrogens is 338 g/mol. The molecule has 4 rings (SSSR count). The summed E-state index contributed by atoms with van der Waals surface area (Å²) in [7, 11) is 0. The molecule has 2 N–H and O–H groups in total. The second kappa shape index (κ2) is 6.15. The summed E-state index contributed by atoms with van der Waals surface area (Å²) < 4.78 is 7.59. The van der Waals surface area contributed by atoms with Gasteiger partial charge in [-0.25, -0.2) is 0 Å². The molecule has 0 saturated heterocycles. The van der Waals surface area contributed by atoms with Gasteiger partial charge >= 0.3 is 0 Å². The van der Waals surface area contributed by atoms with E-state index >= 15 is 0 Å². The topological polar surface area (TPSA) is 76.1 Å². The maximum atomic E-state index is 12.6. The number of rotatable bonds is 2. The SMILES string of the molecule is CC(C)n1[nH]c(=O)c2c1NC(=O)CS[C@H]2C1=Cc2ccccc2OC1. The smallest absolute Gasteiger partial charge is 0.270 e. The number of nitrogens with one attached hydrogen (secondary N) is 2. The highest BCUT2D eigenvalue weighted by molar-refractivity contribution is 8.00. The fourth-order valence-corrected chi connectivity index (χ4v) is 4.33. The molecule has 6 nitrogen and oxygen atoms in total. The monoisotopic (exact) mass is 357 g/mol. The first-order valence-corrected chi connectivity index (χ1v) is 9.27. The van der Waals surface area contributed by atoms with Crippen LogP contribution in [0.5, 0.6) is 5.75 Å². The summed E-state index contributed by atoms with van der Waals surface area (Å²) in [5.41, 5.74) is 2.42. The van der Waals surface area contributed by atoms with Gasteiger partial charge in [-0.3, -0.25) is 19.4 Å². The van der Waals surface area contributed by atoms with Crippen molar-refractivity contribution in [1.29, 1.82) is 0 Å². The molecule has 1 amide bonds. The molecule has 0 fully saturated rings. The molecule has 1 atom stereocenters. The number of H-pyrrole nitrogens is 1. The third-order valence-electron chi connectivity index (χ3n) is 4.37. The standard InChI is InChI=1S/C18H19N3O3S/c1-10(2)21-17-15(18(23)20-21)16(25-9-14(22)19-17)12-7-11-5-3-4-6-13(11)24-8-12/h3-7,10,16H,8-9H2,1-2H3,(H,19,22)(H,20,23)/t16-/m0/s1. The number of hydrogen-bond acceptors (Lipinski definition) is 4. The van der Waals surface area contributed by atoms with Crippen molar-refractivity contribution in [3.63, 3.8) is 0 Å². The number of thioether (sulfide) groups is 1. The van der Waals surface area contributed by atoms with Crippen LogP contribution in [0.3, 0.4) is 0 Å². The molecule has 0 spiro atoms. The number of aromatic amines is 1. The van der Waals surface area contributed by atoms with Crippen LogP contribution in [0.1, 0.15) is 36.3 Å². The highest BCUT2D eigenvalue weighted by atomic mass is 32.2. The van der Waals surface area contributed by atoms with Crippen LogP contribution in [0.25, 0.3) is 6.08 Å². The number of anilines is 1. The van der Waals surface area contributed by atoms with Crippen molar-refractivity contribution in [2.24, 2.45) is 0 Å². The third kappa shape index (κ3) is 2.78. The van der Waals surface area contributed by atoms with E-state index < -0.39 is 0 Å². The number of hydrogen-bond donors (Lipinski definition) is 2. The van der Waals surface area contributed by atoms with Crippen LogP contribution >= 0.6 is 11.8 Å². The molecule has 0 radical (unpaired) electrons. The van der Waals surface area contributed by atoms with Crippen LogP contribution < -0.4 is 15.6 Å². The number of ether oxygens (including phenoxy) is 1. The Bertz CT molecular complexity index is 926. The molecule has 0 unspecified atom stereocenters. The second-order valence-electron chi connectivity index (χ2n) is 6.45. The fraction of sp³-hybridized carbons (Fsp3) is 0.333. The summed E-state index contributed by atoms with van der Waals surface area (Å²) >= 11 is 1.46. The lowest BCUT2D eigenvalue weighted by molar-refractivity contribution is -0.113. The predicted molar refractivity (Wildman–Crippen MR) is 99.2 cm³/mol. The van der Waals surface area contributed by atoms with Gasteiger partial charge in [0.15, 0.2) is 0 Å². The number of aromatic nitrogens is 2. The molecular formula is C18H19N3O3S. The largest absolute Gasteiger partial charge is 0.489 e. The average molecular weight is 357 g/mol. The number of para-hydroxylation sites is 1. The Hall–Kier alpha value is -2.41. The first-order valence-electron chi connectivity index (χ1n) is 8.22. The fourth-order valence-electron chi connectivity index (χ4n) is 3.21. The van der Waals surface area contributed by atoms with Crippen molar-refractivity contribution >= 4 is 29.6 Å². The van der Waals surface area contributed by atoms with Gasteiger partial charge in [0, 0.05) is 11.6 Å². The zero-order valence-corrected chi connectivity index (χ0v) is 14.9. The zero-order valence-electron chi connectivity index (χ0n) is 14.0. The Labute approximate surface area is 149 Å². The second-order valence-corrected chi connectivity index (χ2v) is 7.55.